The van der Waals surface area contributed by atoms with E-state index in [-0.39, 0.29) is 5.82 Å². The van der Waals surface area contributed by atoms with E-state index in [9.17, 15) is 4.39 Å². The second-order valence-electron chi connectivity index (χ2n) is 4.59. The van der Waals surface area contributed by atoms with Crippen molar-refractivity contribution in [2.75, 3.05) is 0 Å². The third-order valence-electron chi connectivity index (χ3n) is 3.14. The number of rotatable bonds is 3. The monoisotopic (exact) mass is 346 g/mol. The Morgan fingerprint density at radius 1 is 1.14 bits per heavy atom. The van der Waals surface area contributed by atoms with Gasteiger partial charge in [-0.3, -0.25) is 0 Å². The highest BCUT2D eigenvalue weighted by Crippen LogP contribution is 2.24. The predicted molar refractivity (Wildman–Crippen MR) is 81.5 cm³/mol. The van der Waals surface area contributed by atoms with Crippen molar-refractivity contribution < 1.29 is 4.39 Å². The average molecular weight is 347 g/mol. The van der Waals surface area contributed by atoms with Gasteiger partial charge in [-0.1, -0.05) is 39.3 Å². The standard InChI is InChI=1S/C15H12BrFN4/c16-11-6-10(7-12(17)8-11)15(18)14-9-19-20-21(14)13-4-2-1-3-5-13/h1-9,15H,18H2. The van der Waals surface area contributed by atoms with Crippen molar-refractivity contribution in [3.63, 3.8) is 0 Å². The molecular weight excluding hydrogens is 335 g/mol. The molecule has 21 heavy (non-hydrogen) atoms. The lowest BCUT2D eigenvalue weighted by molar-refractivity contribution is 0.621. The summed E-state index contributed by atoms with van der Waals surface area (Å²) in [4.78, 5) is 0. The van der Waals surface area contributed by atoms with E-state index in [4.69, 9.17) is 5.73 Å². The second kappa shape index (κ2) is 5.75. The molecule has 0 spiro atoms. The topological polar surface area (TPSA) is 56.7 Å². The Morgan fingerprint density at radius 2 is 1.90 bits per heavy atom. The van der Waals surface area contributed by atoms with Crippen LogP contribution in [0.2, 0.25) is 0 Å². The van der Waals surface area contributed by atoms with Gasteiger partial charge in [0.1, 0.15) is 5.82 Å². The number of hydrogen-bond acceptors (Lipinski definition) is 3. The summed E-state index contributed by atoms with van der Waals surface area (Å²) < 4.78 is 15.8. The van der Waals surface area contributed by atoms with Gasteiger partial charge in [-0.2, -0.15) is 0 Å². The molecule has 0 aliphatic rings. The van der Waals surface area contributed by atoms with Crippen molar-refractivity contribution in [2.45, 2.75) is 6.04 Å². The number of nitrogens with zero attached hydrogens (tertiary/aromatic N) is 3. The largest absolute Gasteiger partial charge is 0.319 e. The summed E-state index contributed by atoms with van der Waals surface area (Å²) >= 11 is 3.27. The molecular formula is C15H12BrFN4. The molecule has 1 unspecified atom stereocenters. The summed E-state index contributed by atoms with van der Waals surface area (Å²) in [6.45, 7) is 0. The lowest BCUT2D eigenvalue weighted by Gasteiger charge is -2.14. The molecule has 0 amide bonds. The first-order valence-electron chi connectivity index (χ1n) is 6.33. The van der Waals surface area contributed by atoms with Gasteiger partial charge < -0.3 is 5.73 Å². The van der Waals surface area contributed by atoms with Crippen molar-refractivity contribution in [3.8, 4) is 5.69 Å². The first kappa shape index (κ1) is 13.9. The number of halogens is 2. The fourth-order valence-corrected chi connectivity index (χ4v) is 2.63. The molecule has 1 atom stereocenters. The van der Waals surface area contributed by atoms with Gasteiger partial charge in [0.2, 0.25) is 0 Å². The van der Waals surface area contributed by atoms with Crippen LogP contribution in [0.3, 0.4) is 0 Å². The van der Waals surface area contributed by atoms with Crippen LogP contribution in [0.15, 0.2) is 59.2 Å². The normalized spacial score (nSPS) is 12.3. The summed E-state index contributed by atoms with van der Waals surface area (Å²) in [6.07, 6.45) is 1.59. The Bertz CT molecular complexity index is 737. The lowest BCUT2D eigenvalue weighted by Crippen LogP contribution is -2.17. The van der Waals surface area contributed by atoms with Gasteiger partial charge in [-0.25, -0.2) is 9.07 Å². The van der Waals surface area contributed by atoms with E-state index in [0.717, 1.165) is 5.69 Å². The third kappa shape index (κ3) is 2.86. The Kier molecular flexibility index (Phi) is 3.81. The van der Waals surface area contributed by atoms with Crippen LogP contribution in [-0.4, -0.2) is 15.0 Å². The molecule has 6 heteroatoms. The Morgan fingerprint density at radius 3 is 2.62 bits per heavy atom. The molecule has 0 saturated heterocycles. The molecule has 1 aromatic heterocycles. The highest BCUT2D eigenvalue weighted by atomic mass is 79.9. The van der Waals surface area contributed by atoms with Crippen LogP contribution < -0.4 is 5.73 Å². The predicted octanol–water partition coefficient (Wildman–Crippen LogP) is 3.22. The van der Waals surface area contributed by atoms with Gasteiger partial charge in [0.25, 0.3) is 0 Å². The summed E-state index contributed by atoms with van der Waals surface area (Å²) in [6, 6.07) is 13.6. The maximum absolute atomic E-state index is 13.5. The highest BCUT2D eigenvalue weighted by molar-refractivity contribution is 9.10. The van der Waals surface area contributed by atoms with Gasteiger partial charge in [-0.15, -0.1) is 5.10 Å². The molecule has 2 N–H and O–H groups in total. The van der Waals surface area contributed by atoms with E-state index in [2.05, 4.69) is 26.2 Å². The van der Waals surface area contributed by atoms with Crippen molar-refractivity contribution in [3.05, 3.63) is 76.3 Å². The SMILES string of the molecule is NC(c1cc(F)cc(Br)c1)c1cnnn1-c1ccccc1. The minimum atomic E-state index is -0.521. The van der Waals surface area contributed by atoms with Crippen molar-refractivity contribution >= 4 is 15.9 Å². The number of nitrogens with two attached hydrogens (primary N) is 1. The number of benzene rings is 2. The maximum Gasteiger partial charge on any atom is 0.124 e. The Labute approximate surface area is 129 Å². The molecule has 1 heterocycles. The average Bonchev–Trinajstić information content (AvgIpc) is 2.95. The van der Waals surface area contributed by atoms with Gasteiger partial charge in [0.05, 0.1) is 23.6 Å². The number of aromatic nitrogens is 3. The lowest BCUT2D eigenvalue weighted by atomic mass is 10.0. The summed E-state index contributed by atoms with van der Waals surface area (Å²) in [5, 5.41) is 7.98. The highest BCUT2D eigenvalue weighted by Gasteiger charge is 2.17. The summed E-state index contributed by atoms with van der Waals surface area (Å²) in [5.74, 6) is -0.339. The molecule has 106 valence electrons. The van der Waals surface area contributed by atoms with Gasteiger partial charge in [0.15, 0.2) is 0 Å². The van der Waals surface area contributed by atoms with Crippen LogP contribution in [0, 0.1) is 5.82 Å². The minimum Gasteiger partial charge on any atom is -0.319 e. The van der Waals surface area contributed by atoms with E-state index in [1.807, 2.05) is 30.3 Å². The van der Waals surface area contributed by atoms with Crippen LogP contribution >= 0.6 is 15.9 Å². The summed E-state index contributed by atoms with van der Waals surface area (Å²) in [7, 11) is 0. The second-order valence-corrected chi connectivity index (χ2v) is 5.50. The van der Waals surface area contributed by atoms with Gasteiger partial charge in [-0.05, 0) is 35.9 Å². The van der Waals surface area contributed by atoms with Crippen LogP contribution in [0.4, 0.5) is 4.39 Å². The van der Waals surface area contributed by atoms with Crippen LogP contribution in [0.25, 0.3) is 5.69 Å². The first-order chi connectivity index (χ1) is 10.1. The Balaban J connectivity index is 2.03. The molecule has 0 saturated carbocycles. The van der Waals surface area contributed by atoms with Crippen molar-refractivity contribution in [1.82, 2.24) is 15.0 Å². The fourth-order valence-electron chi connectivity index (χ4n) is 2.15. The molecule has 0 bridgehead atoms. The van der Waals surface area contributed by atoms with Crippen LogP contribution in [0.1, 0.15) is 17.3 Å². The maximum atomic E-state index is 13.5. The van der Waals surface area contributed by atoms with E-state index in [1.165, 1.54) is 12.1 Å². The van der Waals surface area contributed by atoms with Crippen LogP contribution in [-0.2, 0) is 0 Å². The third-order valence-corrected chi connectivity index (χ3v) is 3.60. The van der Waals surface area contributed by atoms with E-state index >= 15 is 0 Å². The van der Waals surface area contributed by atoms with E-state index in [1.54, 1.807) is 16.9 Å². The van der Waals surface area contributed by atoms with E-state index in [0.29, 0.717) is 15.7 Å². The molecule has 3 aromatic rings. The van der Waals surface area contributed by atoms with Gasteiger partial charge >= 0.3 is 0 Å². The number of hydrogen-bond donors (Lipinski definition) is 1. The minimum absolute atomic E-state index is 0.339. The Hall–Kier alpha value is -2.05. The molecule has 4 nitrogen and oxygen atoms in total. The summed E-state index contributed by atoms with van der Waals surface area (Å²) in [5.41, 5.74) is 8.45. The zero-order valence-corrected chi connectivity index (χ0v) is 12.5. The van der Waals surface area contributed by atoms with E-state index < -0.39 is 6.04 Å². The molecule has 2 aromatic carbocycles. The first-order valence-corrected chi connectivity index (χ1v) is 7.12. The van der Waals surface area contributed by atoms with Crippen molar-refractivity contribution in [2.24, 2.45) is 5.73 Å². The quantitative estimate of drug-likeness (QED) is 0.792. The zero-order valence-electron chi connectivity index (χ0n) is 10.9. The fraction of sp³-hybridized carbons (Fsp3) is 0.0667. The van der Waals surface area contributed by atoms with Crippen molar-refractivity contribution in [1.29, 1.82) is 0 Å². The molecule has 0 radical (unpaired) electrons. The smallest absolute Gasteiger partial charge is 0.124 e. The zero-order chi connectivity index (χ0) is 14.8. The van der Waals surface area contributed by atoms with Crippen LogP contribution in [0.5, 0.6) is 0 Å². The molecule has 0 fully saturated rings. The number of para-hydroxylation sites is 1. The molecule has 3 rings (SSSR count). The molecule has 0 aliphatic carbocycles. The van der Waals surface area contributed by atoms with Gasteiger partial charge in [0, 0.05) is 4.47 Å². The molecule has 0 aliphatic heterocycles.